The number of benzene rings is 1. The molecule has 0 spiro atoms. The number of nitrogens with zero attached hydrogens (tertiary/aromatic N) is 2. The molecule has 1 unspecified atom stereocenters. The number of hydrogen-bond donors (Lipinski definition) is 2. The zero-order valence-corrected chi connectivity index (χ0v) is 16.8. The van der Waals surface area contributed by atoms with Crippen molar-refractivity contribution >= 4 is 39.9 Å². The lowest BCUT2D eigenvalue weighted by Crippen LogP contribution is -2.34. The molecule has 2 heterocycles. The van der Waals surface area contributed by atoms with E-state index in [9.17, 15) is 9.59 Å². The SMILES string of the molecule is CC1CCCN(Cc2csc(NC(=O)CNC(=O)c3ccc(Cl)cc3)n2)C1. The molecule has 0 saturated carbocycles. The molecule has 144 valence electrons. The molecule has 2 aromatic rings. The molecule has 27 heavy (non-hydrogen) atoms. The number of nitrogens with one attached hydrogen (secondary N) is 2. The van der Waals surface area contributed by atoms with Gasteiger partial charge in [0, 0.05) is 29.1 Å². The summed E-state index contributed by atoms with van der Waals surface area (Å²) in [6.07, 6.45) is 2.51. The molecule has 0 bridgehead atoms. The number of carbonyl (C=O) groups excluding carboxylic acids is 2. The predicted molar refractivity (Wildman–Crippen MR) is 108 cm³/mol. The van der Waals surface area contributed by atoms with Crippen molar-refractivity contribution in [2.75, 3.05) is 25.0 Å². The number of likely N-dealkylation sites (tertiary alicyclic amines) is 1. The van der Waals surface area contributed by atoms with E-state index in [0.717, 1.165) is 31.2 Å². The van der Waals surface area contributed by atoms with Crippen LogP contribution in [0.3, 0.4) is 0 Å². The zero-order valence-electron chi connectivity index (χ0n) is 15.2. The molecule has 1 fully saturated rings. The van der Waals surface area contributed by atoms with Gasteiger partial charge in [-0.25, -0.2) is 4.98 Å². The predicted octanol–water partition coefficient (Wildman–Crippen LogP) is 3.40. The van der Waals surface area contributed by atoms with Gasteiger partial charge in [0.15, 0.2) is 5.13 Å². The molecule has 1 aromatic heterocycles. The van der Waals surface area contributed by atoms with Crippen LogP contribution in [0.25, 0.3) is 0 Å². The van der Waals surface area contributed by atoms with Gasteiger partial charge in [-0.2, -0.15) is 0 Å². The first kappa shape index (κ1) is 19.8. The molecule has 2 N–H and O–H groups in total. The molecular formula is C19H23ClN4O2S. The van der Waals surface area contributed by atoms with E-state index in [0.29, 0.717) is 15.7 Å². The van der Waals surface area contributed by atoms with Gasteiger partial charge in [0.25, 0.3) is 5.91 Å². The van der Waals surface area contributed by atoms with E-state index in [4.69, 9.17) is 11.6 Å². The van der Waals surface area contributed by atoms with Crippen LogP contribution < -0.4 is 10.6 Å². The van der Waals surface area contributed by atoms with Gasteiger partial charge in [-0.1, -0.05) is 18.5 Å². The lowest BCUT2D eigenvalue weighted by atomic mass is 10.0. The summed E-state index contributed by atoms with van der Waals surface area (Å²) < 4.78 is 0. The number of thiazole rings is 1. The van der Waals surface area contributed by atoms with Crippen molar-refractivity contribution in [3.05, 3.63) is 45.9 Å². The van der Waals surface area contributed by atoms with Gasteiger partial charge < -0.3 is 10.6 Å². The van der Waals surface area contributed by atoms with Crippen LogP contribution in [-0.2, 0) is 11.3 Å². The van der Waals surface area contributed by atoms with Crippen LogP contribution in [0, 0.1) is 5.92 Å². The third kappa shape index (κ3) is 6.02. The summed E-state index contributed by atoms with van der Waals surface area (Å²) in [7, 11) is 0. The second-order valence-corrected chi connectivity index (χ2v) is 8.16. The normalized spacial score (nSPS) is 17.5. The molecule has 1 atom stereocenters. The quantitative estimate of drug-likeness (QED) is 0.771. The van der Waals surface area contributed by atoms with Crippen LogP contribution in [0.5, 0.6) is 0 Å². The highest BCUT2D eigenvalue weighted by atomic mass is 35.5. The first-order valence-electron chi connectivity index (χ1n) is 9.00. The van der Waals surface area contributed by atoms with E-state index in [2.05, 4.69) is 27.4 Å². The van der Waals surface area contributed by atoms with Crippen molar-refractivity contribution in [1.82, 2.24) is 15.2 Å². The van der Waals surface area contributed by atoms with Crippen molar-refractivity contribution < 1.29 is 9.59 Å². The Kier molecular flexibility index (Phi) is 6.82. The molecule has 1 aromatic carbocycles. The topological polar surface area (TPSA) is 74.3 Å². The summed E-state index contributed by atoms with van der Waals surface area (Å²) in [5.41, 5.74) is 1.43. The Morgan fingerprint density at radius 3 is 2.85 bits per heavy atom. The molecule has 3 rings (SSSR count). The first-order valence-corrected chi connectivity index (χ1v) is 10.3. The molecule has 8 heteroatoms. The number of piperidine rings is 1. The fourth-order valence-corrected chi connectivity index (χ4v) is 3.97. The van der Waals surface area contributed by atoms with E-state index in [1.807, 2.05) is 5.38 Å². The molecule has 1 aliphatic rings. The third-order valence-corrected chi connectivity index (χ3v) is 5.50. The smallest absolute Gasteiger partial charge is 0.251 e. The van der Waals surface area contributed by atoms with Crippen molar-refractivity contribution in [1.29, 1.82) is 0 Å². The minimum atomic E-state index is -0.319. The summed E-state index contributed by atoms with van der Waals surface area (Å²) in [5, 5.41) is 8.42. The van der Waals surface area contributed by atoms with Gasteiger partial charge in [-0.3, -0.25) is 14.5 Å². The lowest BCUT2D eigenvalue weighted by molar-refractivity contribution is -0.115. The molecule has 0 radical (unpaired) electrons. The second kappa shape index (κ2) is 9.30. The Morgan fingerprint density at radius 1 is 1.33 bits per heavy atom. The molecular weight excluding hydrogens is 384 g/mol. The van der Waals surface area contributed by atoms with Gasteiger partial charge in [-0.15, -0.1) is 11.3 Å². The summed E-state index contributed by atoms with van der Waals surface area (Å²) >= 11 is 7.20. The molecule has 6 nitrogen and oxygen atoms in total. The van der Waals surface area contributed by atoms with E-state index in [-0.39, 0.29) is 18.4 Å². The third-order valence-electron chi connectivity index (χ3n) is 4.44. The van der Waals surface area contributed by atoms with E-state index < -0.39 is 0 Å². The maximum Gasteiger partial charge on any atom is 0.251 e. The zero-order chi connectivity index (χ0) is 19.2. The number of amides is 2. The average Bonchev–Trinajstić information content (AvgIpc) is 3.07. The van der Waals surface area contributed by atoms with Crippen LogP contribution in [0.1, 0.15) is 35.8 Å². The van der Waals surface area contributed by atoms with Gasteiger partial charge >= 0.3 is 0 Å². The Bertz CT molecular complexity index is 793. The van der Waals surface area contributed by atoms with Crippen LogP contribution >= 0.6 is 22.9 Å². The van der Waals surface area contributed by atoms with Gasteiger partial charge in [-0.05, 0) is 49.6 Å². The number of anilines is 1. The largest absolute Gasteiger partial charge is 0.343 e. The minimum absolute atomic E-state index is 0.111. The number of rotatable bonds is 6. The number of carbonyl (C=O) groups is 2. The highest BCUT2D eigenvalue weighted by Crippen LogP contribution is 2.20. The van der Waals surface area contributed by atoms with Gasteiger partial charge in [0.2, 0.25) is 5.91 Å². The van der Waals surface area contributed by atoms with Crippen LogP contribution in [0.2, 0.25) is 5.02 Å². The first-order chi connectivity index (χ1) is 13.0. The fourth-order valence-electron chi connectivity index (χ4n) is 3.12. The summed E-state index contributed by atoms with van der Waals surface area (Å²) in [4.78, 5) is 31.0. The number of halogens is 1. The fraction of sp³-hybridized carbons (Fsp3) is 0.421. The summed E-state index contributed by atoms with van der Waals surface area (Å²) in [5.74, 6) is 0.103. The van der Waals surface area contributed by atoms with Crippen LogP contribution in [0.15, 0.2) is 29.6 Å². The maximum absolute atomic E-state index is 12.1. The van der Waals surface area contributed by atoms with Gasteiger partial charge in [0.1, 0.15) is 0 Å². The highest BCUT2D eigenvalue weighted by molar-refractivity contribution is 7.13. The second-order valence-electron chi connectivity index (χ2n) is 6.86. The highest BCUT2D eigenvalue weighted by Gasteiger charge is 2.17. The average molecular weight is 407 g/mol. The van der Waals surface area contributed by atoms with Crippen LogP contribution in [0.4, 0.5) is 5.13 Å². The monoisotopic (exact) mass is 406 g/mol. The van der Waals surface area contributed by atoms with Crippen molar-refractivity contribution in [2.24, 2.45) is 5.92 Å². The van der Waals surface area contributed by atoms with E-state index >= 15 is 0 Å². The van der Waals surface area contributed by atoms with Crippen molar-refractivity contribution in [2.45, 2.75) is 26.3 Å². The molecule has 1 saturated heterocycles. The number of hydrogen-bond acceptors (Lipinski definition) is 5. The lowest BCUT2D eigenvalue weighted by Gasteiger charge is -2.30. The Morgan fingerprint density at radius 2 is 2.11 bits per heavy atom. The van der Waals surface area contributed by atoms with Crippen molar-refractivity contribution in [3.8, 4) is 0 Å². The Hall–Kier alpha value is -1.96. The minimum Gasteiger partial charge on any atom is -0.343 e. The van der Waals surface area contributed by atoms with Crippen molar-refractivity contribution in [3.63, 3.8) is 0 Å². The Labute approximate surface area is 167 Å². The standard InChI is InChI=1S/C19H23ClN4O2S/c1-13-3-2-8-24(10-13)11-16-12-27-19(22-16)23-17(25)9-21-18(26)14-4-6-15(20)7-5-14/h4-7,12-13H,2-3,8-11H2,1H3,(H,21,26)(H,22,23,25). The molecule has 1 aliphatic heterocycles. The van der Waals surface area contributed by atoms with E-state index in [1.54, 1.807) is 24.3 Å². The molecule has 2 amide bonds. The van der Waals surface area contributed by atoms with Gasteiger partial charge in [0.05, 0.1) is 12.2 Å². The maximum atomic E-state index is 12.1. The van der Waals surface area contributed by atoms with Crippen LogP contribution in [-0.4, -0.2) is 41.3 Å². The number of aromatic nitrogens is 1. The summed E-state index contributed by atoms with van der Waals surface area (Å²) in [6, 6.07) is 6.50. The Balaban J connectivity index is 1.45. The molecule has 0 aliphatic carbocycles. The van der Waals surface area contributed by atoms with E-state index in [1.165, 1.54) is 24.2 Å². The summed E-state index contributed by atoms with van der Waals surface area (Å²) in [6.45, 7) is 5.16.